The first-order valence-corrected chi connectivity index (χ1v) is 9.89. The minimum absolute atomic E-state index is 0.253. The highest BCUT2D eigenvalue weighted by Crippen LogP contribution is 2.34. The number of rotatable bonds is 3. The molecule has 0 bridgehead atoms. The van der Waals surface area contributed by atoms with Gasteiger partial charge in [0.2, 0.25) is 0 Å². The average Bonchev–Trinajstić information content (AvgIpc) is 3.43. The summed E-state index contributed by atoms with van der Waals surface area (Å²) in [6.45, 7) is 0. The van der Waals surface area contributed by atoms with Crippen molar-refractivity contribution in [3.8, 4) is 33.6 Å². The van der Waals surface area contributed by atoms with Crippen LogP contribution < -0.4 is 0 Å². The van der Waals surface area contributed by atoms with Gasteiger partial charge in [0.1, 0.15) is 17.2 Å². The van der Waals surface area contributed by atoms with Crippen LogP contribution in [0.1, 0.15) is 0 Å². The maximum Gasteiger partial charge on any atom is 0.138 e. The average molecular weight is 405 g/mol. The fraction of sp³-hybridized carbons (Fsp3) is 0. The number of aromatic amines is 2. The molecule has 0 aliphatic carbocycles. The van der Waals surface area contributed by atoms with Gasteiger partial charge in [0.05, 0.1) is 11.2 Å². The van der Waals surface area contributed by atoms with Crippen LogP contribution in [-0.2, 0) is 0 Å². The van der Waals surface area contributed by atoms with Gasteiger partial charge in [-0.2, -0.15) is 5.10 Å². The lowest BCUT2D eigenvalue weighted by Crippen LogP contribution is -1.82. The molecule has 2 N–H and O–H groups in total. The summed E-state index contributed by atoms with van der Waals surface area (Å²) in [5.74, 6) is -0.253. The van der Waals surface area contributed by atoms with Crippen LogP contribution in [0.3, 0.4) is 0 Å². The molecule has 4 heterocycles. The molecule has 0 saturated carbocycles. The third-order valence-corrected chi connectivity index (χ3v) is 5.50. The number of aromatic nitrogens is 5. The molecule has 2 aromatic carbocycles. The van der Waals surface area contributed by atoms with Gasteiger partial charge in [-0.15, -0.1) is 0 Å². The summed E-state index contributed by atoms with van der Waals surface area (Å²) in [6.07, 6.45) is 5.37. The van der Waals surface area contributed by atoms with Gasteiger partial charge in [-0.25, -0.2) is 9.37 Å². The molecule has 0 aliphatic heterocycles. The second kappa shape index (κ2) is 6.88. The van der Waals surface area contributed by atoms with E-state index in [4.69, 9.17) is 0 Å². The van der Waals surface area contributed by atoms with E-state index >= 15 is 0 Å². The van der Waals surface area contributed by atoms with Crippen molar-refractivity contribution in [1.29, 1.82) is 0 Å². The first kappa shape index (κ1) is 17.5. The molecule has 0 saturated heterocycles. The Hall–Kier alpha value is -4.32. The lowest BCUT2D eigenvalue weighted by atomic mass is 10.0. The third-order valence-electron chi connectivity index (χ3n) is 5.50. The fourth-order valence-electron chi connectivity index (χ4n) is 3.97. The molecular weight excluding hydrogens is 389 g/mol. The Morgan fingerprint density at radius 2 is 1.65 bits per heavy atom. The Labute approximate surface area is 176 Å². The van der Waals surface area contributed by atoms with Gasteiger partial charge in [-0.1, -0.05) is 24.3 Å². The number of nitrogens with zero attached hydrogens (tertiary/aromatic N) is 3. The number of H-pyrrole nitrogens is 2. The number of halogens is 1. The number of hydrogen-bond acceptors (Lipinski definition) is 3. The number of pyridine rings is 2. The summed E-state index contributed by atoms with van der Waals surface area (Å²) >= 11 is 0. The Bertz CT molecular complexity index is 1530. The fourth-order valence-corrected chi connectivity index (χ4v) is 3.97. The topological polar surface area (TPSA) is 70.2 Å². The van der Waals surface area contributed by atoms with E-state index in [9.17, 15) is 4.39 Å². The van der Waals surface area contributed by atoms with E-state index in [2.05, 4.69) is 37.3 Å². The van der Waals surface area contributed by atoms with Gasteiger partial charge in [0.15, 0.2) is 0 Å². The maximum absolute atomic E-state index is 13.4. The molecule has 6 rings (SSSR count). The van der Waals surface area contributed by atoms with Gasteiger partial charge in [-0.05, 0) is 59.2 Å². The van der Waals surface area contributed by atoms with Crippen LogP contribution in [0.2, 0.25) is 0 Å². The van der Waals surface area contributed by atoms with Gasteiger partial charge < -0.3 is 4.98 Å². The molecule has 0 radical (unpaired) electrons. The zero-order valence-electron chi connectivity index (χ0n) is 16.3. The molecule has 0 amide bonds. The van der Waals surface area contributed by atoms with Gasteiger partial charge in [0.25, 0.3) is 0 Å². The van der Waals surface area contributed by atoms with E-state index in [-0.39, 0.29) is 5.82 Å². The molecule has 0 atom stereocenters. The monoisotopic (exact) mass is 405 g/mol. The van der Waals surface area contributed by atoms with Crippen LogP contribution in [0.25, 0.3) is 55.6 Å². The summed E-state index contributed by atoms with van der Waals surface area (Å²) in [7, 11) is 0. The van der Waals surface area contributed by atoms with Gasteiger partial charge in [-0.3, -0.25) is 10.1 Å². The first-order chi connectivity index (χ1) is 15.3. The Balaban J connectivity index is 1.51. The molecule has 0 unspecified atom stereocenters. The molecule has 0 fully saturated rings. The molecule has 31 heavy (non-hydrogen) atoms. The molecule has 6 aromatic rings. The van der Waals surface area contributed by atoms with Crippen LogP contribution in [0, 0.1) is 5.82 Å². The van der Waals surface area contributed by atoms with Crippen molar-refractivity contribution < 1.29 is 4.39 Å². The van der Waals surface area contributed by atoms with Crippen molar-refractivity contribution in [3.05, 3.63) is 91.1 Å². The van der Waals surface area contributed by atoms with E-state index in [0.29, 0.717) is 0 Å². The Kier molecular flexibility index (Phi) is 3.89. The van der Waals surface area contributed by atoms with Crippen molar-refractivity contribution in [1.82, 2.24) is 25.1 Å². The van der Waals surface area contributed by atoms with Crippen LogP contribution in [0.15, 0.2) is 85.3 Å². The van der Waals surface area contributed by atoms with E-state index in [1.807, 2.05) is 36.5 Å². The number of nitrogens with one attached hydrogen (secondary N) is 2. The van der Waals surface area contributed by atoms with Crippen molar-refractivity contribution in [3.63, 3.8) is 0 Å². The van der Waals surface area contributed by atoms with E-state index in [1.165, 1.54) is 12.1 Å². The molecule has 148 valence electrons. The lowest BCUT2D eigenvalue weighted by molar-refractivity contribution is 0.628. The Morgan fingerprint density at radius 3 is 2.48 bits per heavy atom. The molecule has 4 aromatic heterocycles. The smallest absolute Gasteiger partial charge is 0.138 e. The van der Waals surface area contributed by atoms with Gasteiger partial charge >= 0.3 is 0 Å². The molecule has 6 heteroatoms. The minimum atomic E-state index is -0.253. The van der Waals surface area contributed by atoms with Gasteiger partial charge in [0, 0.05) is 34.9 Å². The van der Waals surface area contributed by atoms with Crippen molar-refractivity contribution in [2.24, 2.45) is 0 Å². The quantitative estimate of drug-likeness (QED) is 0.381. The van der Waals surface area contributed by atoms with Crippen LogP contribution >= 0.6 is 0 Å². The largest absolute Gasteiger partial charge is 0.338 e. The molecule has 5 nitrogen and oxygen atoms in total. The molecular formula is C25H16FN5. The van der Waals surface area contributed by atoms with Crippen molar-refractivity contribution in [2.45, 2.75) is 0 Å². The predicted molar refractivity (Wildman–Crippen MR) is 120 cm³/mol. The summed E-state index contributed by atoms with van der Waals surface area (Å²) in [6, 6.07) is 20.6. The highest BCUT2D eigenvalue weighted by atomic mass is 19.1. The maximum atomic E-state index is 13.4. The van der Waals surface area contributed by atoms with Crippen LogP contribution in [0.5, 0.6) is 0 Å². The molecule has 0 spiro atoms. The van der Waals surface area contributed by atoms with E-state index in [0.717, 1.165) is 55.6 Å². The second-order valence-electron chi connectivity index (χ2n) is 7.38. The predicted octanol–water partition coefficient (Wildman–Crippen LogP) is 5.97. The number of fused-ring (bicyclic) bond motifs is 2. The third kappa shape index (κ3) is 2.97. The highest BCUT2D eigenvalue weighted by molar-refractivity contribution is 6.00. The number of hydrogen-bond donors (Lipinski definition) is 2. The van der Waals surface area contributed by atoms with E-state index in [1.54, 1.807) is 24.5 Å². The summed E-state index contributed by atoms with van der Waals surface area (Å²) in [5.41, 5.74) is 7.45. The summed E-state index contributed by atoms with van der Waals surface area (Å²) < 4.78 is 13.4. The van der Waals surface area contributed by atoms with E-state index < -0.39 is 0 Å². The minimum Gasteiger partial charge on any atom is -0.338 e. The normalized spacial score (nSPS) is 11.4. The lowest BCUT2D eigenvalue weighted by Gasteiger charge is -2.02. The summed E-state index contributed by atoms with van der Waals surface area (Å²) in [5, 5.41) is 9.65. The van der Waals surface area contributed by atoms with Crippen LogP contribution in [0.4, 0.5) is 4.39 Å². The zero-order valence-corrected chi connectivity index (χ0v) is 16.3. The van der Waals surface area contributed by atoms with Crippen molar-refractivity contribution in [2.75, 3.05) is 0 Å². The number of benzene rings is 2. The second-order valence-corrected chi connectivity index (χ2v) is 7.38. The highest BCUT2D eigenvalue weighted by Gasteiger charge is 2.15. The molecule has 0 aliphatic rings. The summed E-state index contributed by atoms with van der Waals surface area (Å²) in [4.78, 5) is 12.1. The first-order valence-electron chi connectivity index (χ1n) is 9.89. The van der Waals surface area contributed by atoms with Crippen LogP contribution in [-0.4, -0.2) is 25.1 Å². The standard InChI is InChI=1S/C25H16FN5/c26-18-6-3-15(4-7-18)19-9-11-28-25-20(19)13-23(29-25)24-21-12-16(5-8-22(21)30-31-24)17-2-1-10-27-14-17/h1-14H,(H,28,29)(H,30,31). The Morgan fingerprint density at radius 1 is 0.774 bits per heavy atom. The zero-order chi connectivity index (χ0) is 20.8. The SMILES string of the molecule is Fc1ccc(-c2ccnc3[nH]c(-c4n[nH]c5ccc(-c6cccnc6)cc45)cc23)cc1. The van der Waals surface area contributed by atoms with Crippen molar-refractivity contribution >= 4 is 21.9 Å².